The molecular formula is C12H26N2O2S. The molecule has 0 radical (unpaired) electrons. The van der Waals surface area contributed by atoms with Crippen LogP contribution < -0.4 is 4.72 Å². The van der Waals surface area contributed by atoms with Crippen LogP contribution in [0.15, 0.2) is 0 Å². The highest BCUT2D eigenvalue weighted by molar-refractivity contribution is 7.89. The minimum Gasteiger partial charge on any atom is -0.304 e. The second-order valence-electron chi connectivity index (χ2n) is 6.55. The van der Waals surface area contributed by atoms with E-state index in [1.807, 2.05) is 7.05 Å². The molecule has 1 aliphatic heterocycles. The van der Waals surface area contributed by atoms with Crippen LogP contribution in [0.25, 0.3) is 0 Å². The molecular weight excluding hydrogens is 236 g/mol. The quantitative estimate of drug-likeness (QED) is 0.830. The summed E-state index contributed by atoms with van der Waals surface area (Å²) in [6.07, 6.45) is 0.694. The third-order valence-electron chi connectivity index (χ3n) is 3.25. The third kappa shape index (κ3) is 5.36. The zero-order valence-electron chi connectivity index (χ0n) is 11.7. The Kier molecular flexibility index (Phi) is 4.60. The van der Waals surface area contributed by atoms with Crippen LogP contribution in [0.5, 0.6) is 0 Å². The Labute approximate surface area is 106 Å². The molecule has 0 spiro atoms. The van der Waals surface area contributed by atoms with Crippen LogP contribution in [-0.2, 0) is 10.0 Å². The molecule has 0 saturated carbocycles. The standard InChI is InChI=1S/C12H26N2O2S/c1-10-8-14(5)9-11(10)13-17(15,16)7-6-12(2,3)4/h10-11,13H,6-9H2,1-5H3/t10-,11+/m1/s1. The van der Waals surface area contributed by atoms with Crippen LogP contribution in [-0.4, -0.2) is 45.2 Å². The van der Waals surface area contributed by atoms with Crippen molar-refractivity contribution in [2.45, 2.75) is 40.2 Å². The summed E-state index contributed by atoms with van der Waals surface area (Å²) in [7, 11) is -1.10. The molecule has 0 aromatic carbocycles. The Morgan fingerprint density at radius 1 is 1.29 bits per heavy atom. The Hall–Kier alpha value is -0.130. The van der Waals surface area contributed by atoms with Crippen molar-refractivity contribution in [3.8, 4) is 0 Å². The number of hydrogen-bond donors (Lipinski definition) is 1. The SMILES string of the molecule is C[C@@H]1CN(C)C[C@@H]1NS(=O)(=O)CCC(C)(C)C. The minimum absolute atomic E-state index is 0.0623. The van der Waals surface area contributed by atoms with Gasteiger partial charge in [0.2, 0.25) is 10.0 Å². The van der Waals surface area contributed by atoms with E-state index in [0.717, 1.165) is 13.1 Å². The molecule has 1 fully saturated rings. The normalized spacial score (nSPS) is 27.6. The number of likely N-dealkylation sites (N-methyl/N-ethyl adjacent to an activating group) is 1. The van der Waals surface area contributed by atoms with Crippen molar-refractivity contribution in [2.24, 2.45) is 11.3 Å². The zero-order chi connectivity index (χ0) is 13.3. The number of hydrogen-bond acceptors (Lipinski definition) is 3. The summed E-state index contributed by atoms with van der Waals surface area (Å²) in [4.78, 5) is 2.17. The molecule has 2 atom stereocenters. The maximum Gasteiger partial charge on any atom is 0.211 e. The van der Waals surface area contributed by atoms with Crippen LogP contribution in [0.2, 0.25) is 0 Å². The molecule has 0 aromatic rings. The molecule has 4 nitrogen and oxygen atoms in total. The van der Waals surface area contributed by atoms with Gasteiger partial charge in [-0.2, -0.15) is 0 Å². The van der Waals surface area contributed by atoms with Crippen LogP contribution in [0.3, 0.4) is 0 Å². The molecule has 5 heteroatoms. The summed E-state index contributed by atoms with van der Waals surface area (Å²) in [5.74, 6) is 0.619. The predicted octanol–water partition coefficient (Wildman–Crippen LogP) is 1.29. The van der Waals surface area contributed by atoms with Gasteiger partial charge in [-0.15, -0.1) is 0 Å². The zero-order valence-corrected chi connectivity index (χ0v) is 12.5. The highest BCUT2D eigenvalue weighted by Crippen LogP contribution is 2.20. The Balaban J connectivity index is 2.50. The van der Waals surface area contributed by atoms with Crippen LogP contribution in [0.4, 0.5) is 0 Å². The van der Waals surface area contributed by atoms with Gasteiger partial charge in [-0.05, 0) is 24.8 Å². The van der Waals surface area contributed by atoms with Gasteiger partial charge in [0.05, 0.1) is 5.75 Å². The summed E-state index contributed by atoms with van der Waals surface area (Å²) < 4.78 is 26.8. The topological polar surface area (TPSA) is 49.4 Å². The maximum absolute atomic E-state index is 12.0. The van der Waals surface area contributed by atoms with E-state index in [9.17, 15) is 8.42 Å². The van der Waals surface area contributed by atoms with Crippen molar-refractivity contribution < 1.29 is 8.42 Å². The number of sulfonamides is 1. The Morgan fingerprint density at radius 3 is 2.29 bits per heavy atom. The summed E-state index contributed by atoms with van der Waals surface area (Å²) >= 11 is 0. The van der Waals surface area contributed by atoms with Crippen molar-refractivity contribution in [3.05, 3.63) is 0 Å². The first-order valence-electron chi connectivity index (χ1n) is 6.28. The van der Waals surface area contributed by atoms with Crippen molar-refractivity contribution in [1.29, 1.82) is 0 Å². The lowest BCUT2D eigenvalue weighted by Gasteiger charge is -2.20. The van der Waals surface area contributed by atoms with Gasteiger partial charge in [0.15, 0.2) is 0 Å². The molecule has 1 rings (SSSR count). The number of nitrogens with zero attached hydrogens (tertiary/aromatic N) is 1. The average Bonchev–Trinajstić information content (AvgIpc) is 2.40. The van der Waals surface area contributed by atoms with Gasteiger partial charge in [-0.1, -0.05) is 27.7 Å². The second kappa shape index (κ2) is 5.24. The van der Waals surface area contributed by atoms with E-state index in [-0.39, 0.29) is 17.2 Å². The van der Waals surface area contributed by atoms with Crippen LogP contribution in [0, 0.1) is 11.3 Å². The first-order chi connectivity index (χ1) is 7.59. The highest BCUT2D eigenvalue weighted by Gasteiger charge is 2.30. The Bertz CT molecular complexity index is 346. The molecule has 0 bridgehead atoms. The predicted molar refractivity (Wildman–Crippen MR) is 71.4 cm³/mol. The first-order valence-corrected chi connectivity index (χ1v) is 7.93. The summed E-state index contributed by atoms with van der Waals surface area (Å²) in [6, 6.07) is 0.0740. The average molecular weight is 262 g/mol. The number of likely N-dealkylation sites (tertiary alicyclic amines) is 1. The minimum atomic E-state index is -3.13. The fourth-order valence-corrected chi connectivity index (χ4v) is 3.86. The fourth-order valence-electron chi connectivity index (χ4n) is 2.09. The molecule has 0 amide bonds. The molecule has 1 saturated heterocycles. The monoisotopic (exact) mass is 262 g/mol. The van der Waals surface area contributed by atoms with Crippen molar-refractivity contribution >= 4 is 10.0 Å². The van der Waals surface area contributed by atoms with Crippen molar-refractivity contribution in [2.75, 3.05) is 25.9 Å². The summed E-state index contributed by atoms with van der Waals surface area (Å²) in [5.41, 5.74) is 0.0623. The molecule has 0 unspecified atom stereocenters. The van der Waals surface area contributed by atoms with Gasteiger partial charge in [-0.3, -0.25) is 0 Å². The Morgan fingerprint density at radius 2 is 1.88 bits per heavy atom. The van der Waals surface area contributed by atoms with Gasteiger partial charge in [0.1, 0.15) is 0 Å². The molecule has 1 aliphatic rings. The molecule has 1 heterocycles. The van der Waals surface area contributed by atoms with E-state index in [4.69, 9.17) is 0 Å². The molecule has 102 valence electrons. The molecule has 1 N–H and O–H groups in total. The second-order valence-corrected chi connectivity index (χ2v) is 8.43. The van der Waals surface area contributed by atoms with E-state index in [1.165, 1.54) is 0 Å². The lowest BCUT2D eigenvalue weighted by Crippen LogP contribution is -2.41. The first kappa shape index (κ1) is 14.9. The summed E-state index contributed by atoms with van der Waals surface area (Å²) in [6.45, 7) is 10.1. The molecule has 17 heavy (non-hydrogen) atoms. The third-order valence-corrected chi connectivity index (χ3v) is 4.65. The summed E-state index contributed by atoms with van der Waals surface area (Å²) in [5, 5.41) is 0. The van der Waals surface area contributed by atoms with Crippen LogP contribution >= 0.6 is 0 Å². The number of nitrogens with one attached hydrogen (secondary N) is 1. The number of rotatable bonds is 4. The highest BCUT2D eigenvalue weighted by atomic mass is 32.2. The van der Waals surface area contributed by atoms with E-state index >= 15 is 0 Å². The lowest BCUT2D eigenvalue weighted by atomic mass is 9.94. The van der Waals surface area contributed by atoms with E-state index in [0.29, 0.717) is 12.3 Å². The van der Waals surface area contributed by atoms with Gasteiger partial charge in [0.25, 0.3) is 0 Å². The van der Waals surface area contributed by atoms with Crippen molar-refractivity contribution in [3.63, 3.8) is 0 Å². The largest absolute Gasteiger partial charge is 0.304 e. The van der Waals surface area contributed by atoms with Crippen molar-refractivity contribution in [1.82, 2.24) is 9.62 Å². The molecule has 0 aliphatic carbocycles. The van der Waals surface area contributed by atoms with Gasteiger partial charge in [-0.25, -0.2) is 13.1 Å². The van der Waals surface area contributed by atoms with E-state index < -0.39 is 10.0 Å². The van der Waals surface area contributed by atoms with E-state index in [2.05, 4.69) is 37.3 Å². The van der Waals surface area contributed by atoms with Gasteiger partial charge >= 0.3 is 0 Å². The smallest absolute Gasteiger partial charge is 0.211 e. The fraction of sp³-hybridized carbons (Fsp3) is 1.00. The molecule has 0 aromatic heterocycles. The van der Waals surface area contributed by atoms with Gasteiger partial charge in [0, 0.05) is 19.1 Å². The van der Waals surface area contributed by atoms with E-state index in [1.54, 1.807) is 0 Å². The lowest BCUT2D eigenvalue weighted by molar-refractivity contribution is 0.393. The van der Waals surface area contributed by atoms with Crippen LogP contribution in [0.1, 0.15) is 34.1 Å². The van der Waals surface area contributed by atoms with Gasteiger partial charge < -0.3 is 4.90 Å². The maximum atomic E-state index is 12.0.